The minimum absolute atomic E-state index is 0.00888. The van der Waals surface area contributed by atoms with E-state index in [0.29, 0.717) is 11.6 Å². The summed E-state index contributed by atoms with van der Waals surface area (Å²) in [6, 6.07) is 3.96. The lowest BCUT2D eigenvalue weighted by Crippen LogP contribution is -2.28. The van der Waals surface area contributed by atoms with Gasteiger partial charge in [0.15, 0.2) is 0 Å². The first-order valence-corrected chi connectivity index (χ1v) is 6.63. The van der Waals surface area contributed by atoms with Crippen molar-refractivity contribution in [3.8, 4) is 5.75 Å². The zero-order chi connectivity index (χ0) is 14.7. The number of amides is 1. The molecule has 4 nitrogen and oxygen atoms in total. The van der Waals surface area contributed by atoms with E-state index >= 15 is 0 Å². The summed E-state index contributed by atoms with van der Waals surface area (Å²) >= 11 is 5.79. The second kappa shape index (κ2) is 6.37. The van der Waals surface area contributed by atoms with Crippen molar-refractivity contribution >= 4 is 23.2 Å². The molecule has 1 aromatic rings. The van der Waals surface area contributed by atoms with Crippen LogP contribution in [0.1, 0.15) is 19.3 Å². The summed E-state index contributed by atoms with van der Waals surface area (Å²) in [5, 5.41) is 2.64. The maximum atomic E-state index is 12.1. The van der Waals surface area contributed by atoms with Gasteiger partial charge in [0.25, 0.3) is 0 Å². The summed E-state index contributed by atoms with van der Waals surface area (Å²) in [4.78, 5) is 11.7. The molecule has 0 heterocycles. The Morgan fingerprint density at radius 3 is 2.75 bits per heavy atom. The average molecular weight is 305 g/mol. The van der Waals surface area contributed by atoms with E-state index in [9.17, 15) is 13.6 Å². The number of benzene rings is 1. The van der Waals surface area contributed by atoms with Gasteiger partial charge in [-0.2, -0.15) is 8.78 Å². The highest BCUT2D eigenvalue weighted by molar-refractivity contribution is 6.32. The van der Waals surface area contributed by atoms with Gasteiger partial charge in [0.05, 0.1) is 5.02 Å². The highest BCUT2D eigenvalue weighted by Gasteiger charge is 2.29. The lowest BCUT2D eigenvalue weighted by atomic mass is 10.1. The fraction of sp³-hybridized carbons (Fsp3) is 0.462. The Morgan fingerprint density at radius 1 is 1.50 bits per heavy atom. The Balaban J connectivity index is 1.92. The van der Waals surface area contributed by atoms with Crippen LogP contribution in [0, 0.1) is 5.92 Å². The van der Waals surface area contributed by atoms with Crippen molar-refractivity contribution in [2.45, 2.75) is 31.9 Å². The zero-order valence-electron chi connectivity index (χ0n) is 10.6. The molecule has 1 saturated carbocycles. The van der Waals surface area contributed by atoms with Crippen molar-refractivity contribution in [1.82, 2.24) is 0 Å². The van der Waals surface area contributed by atoms with Gasteiger partial charge in [-0.1, -0.05) is 11.6 Å². The lowest BCUT2D eigenvalue weighted by molar-refractivity contribution is -0.116. The summed E-state index contributed by atoms with van der Waals surface area (Å²) in [7, 11) is 0. The molecule has 7 heteroatoms. The molecule has 20 heavy (non-hydrogen) atoms. The van der Waals surface area contributed by atoms with E-state index in [1.165, 1.54) is 18.2 Å². The maximum Gasteiger partial charge on any atom is 0.387 e. The van der Waals surface area contributed by atoms with Crippen molar-refractivity contribution in [2.75, 3.05) is 5.32 Å². The van der Waals surface area contributed by atoms with Gasteiger partial charge < -0.3 is 15.8 Å². The minimum atomic E-state index is -2.94. The first-order chi connectivity index (χ1) is 9.45. The number of nitrogens with one attached hydrogen (secondary N) is 1. The number of anilines is 1. The smallest absolute Gasteiger partial charge is 0.387 e. The Morgan fingerprint density at radius 2 is 2.20 bits per heavy atom. The predicted octanol–water partition coefficient (Wildman–Crippen LogP) is 3.01. The lowest BCUT2D eigenvalue weighted by Gasteiger charge is -2.12. The first-order valence-electron chi connectivity index (χ1n) is 6.25. The van der Waals surface area contributed by atoms with Gasteiger partial charge in [0.2, 0.25) is 5.91 Å². The number of alkyl halides is 2. The number of nitrogens with two attached hydrogens (primary N) is 1. The highest BCUT2D eigenvalue weighted by Crippen LogP contribution is 2.33. The largest absolute Gasteiger partial charge is 0.433 e. The number of carbonyl (C=O) groups is 1. The van der Waals surface area contributed by atoms with Gasteiger partial charge in [-0.25, -0.2) is 0 Å². The van der Waals surface area contributed by atoms with Crippen LogP contribution in [0.15, 0.2) is 18.2 Å². The van der Waals surface area contributed by atoms with E-state index < -0.39 is 6.61 Å². The van der Waals surface area contributed by atoms with E-state index in [4.69, 9.17) is 17.3 Å². The van der Waals surface area contributed by atoms with Gasteiger partial charge in [-0.15, -0.1) is 0 Å². The van der Waals surface area contributed by atoms with Crippen molar-refractivity contribution in [2.24, 2.45) is 11.7 Å². The number of hydrogen-bond acceptors (Lipinski definition) is 3. The Kier molecular flexibility index (Phi) is 4.77. The number of halogens is 3. The van der Waals surface area contributed by atoms with Crippen LogP contribution in [0.5, 0.6) is 5.75 Å². The maximum absolute atomic E-state index is 12.1. The molecular weight excluding hydrogens is 290 g/mol. The molecule has 3 N–H and O–H groups in total. The van der Waals surface area contributed by atoms with Crippen molar-refractivity contribution in [3.05, 3.63) is 23.2 Å². The number of ether oxygens (including phenoxy) is 1. The molecule has 110 valence electrons. The quantitative estimate of drug-likeness (QED) is 0.849. The van der Waals surface area contributed by atoms with Crippen LogP contribution >= 0.6 is 11.6 Å². The fourth-order valence-corrected chi connectivity index (χ4v) is 2.11. The van der Waals surface area contributed by atoms with E-state index in [-0.39, 0.29) is 29.1 Å². The van der Waals surface area contributed by atoms with E-state index in [0.717, 1.165) is 12.8 Å². The molecule has 0 bridgehead atoms. The minimum Gasteiger partial charge on any atom is -0.433 e. The third-order valence-electron chi connectivity index (χ3n) is 3.08. The summed E-state index contributed by atoms with van der Waals surface area (Å²) < 4.78 is 28.4. The summed E-state index contributed by atoms with van der Waals surface area (Å²) in [6.07, 6.45) is 2.37. The molecule has 0 aromatic heterocycles. The van der Waals surface area contributed by atoms with Crippen LogP contribution < -0.4 is 15.8 Å². The van der Waals surface area contributed by atoms with Crippen LogP contribution in [0.2, 0.25) is 5.02 Å². The van der Waals surface area contributed by atoms with Crippen LogP contribution in [-0.4, -0.2) is 18.6 Å². The Hall–Kier alpha value is -1.40. The third kappa shape index (κ3) is 4.31. The molecule has 0 saturated heterocycles. The molecule has 1 aliphatic rings. The van der Waals surface area contributed by atoms with Gasteiger partial charge in [0.1, 0.15) is 5.75 Å². The Bertz CT molecular complexity index is 495. The Labute approximate surface area is 120 Å². The van der Waals surface area contributed by atoms with Gasteiger partial charge in [-0.05, 0) is 37.0 Å². The van der Waals surface area contributed by atoms with Crippen LogP contribution in [0.4, 0.5) is 14.5 Å². The molecule has 1 fully saturated rings. The van der Waals surface area contributed by atoms with Crippen molar-refractivity contribution < 1.29 is 18.3 Å². The standard InChI is InChI=1S/C13H15ClF2N2O2/c14-9-5-8(3-4-11(9)20-13(15)16)18-12(19)6-10(17)7-1-2-7/h3-5,7,10,13H,1-2,6,17H2,(H,18,19). The third-order valence-corrected chi connectivity index (χ3v) is 3.38. The molecule has 1 aromatic carbocycles. The average Bonchev–Trinajstić information content (AvgIpc) is 3.16. The van der Waals surface area contributed by atoms with Crippen molar-refractivity contribution in [3.63, 3.8) is 0 Å². The summed E-state index contributed by atoms with van der Waals surface area (Å²) in [6.45, 7) is -2.94. The second-order valence-corrected chi connectivity index (χ2v) is 5.18. The van der Waals surface area contributed by atoms with Crippen LogP contribution in [0.25, 0.3) is 0 Å². The molecule has 0 aliphatic heterocycles. The van der Waals surface area contributed by atoms with E-state index in [2.05, 4.69) is 10.1 Å². The van der Waals surface area contributed by atoms with Crippen LogP contribution in [-0.2, 0) is 4.79 Å². The van der Waals surface area contributed by atoms with E-state index in [1.807, 2.05) is 0 Å². The van der Waals surface area contributed by atoms with E-state index in [1.54, 1.807) is 0 Å². The monoisotopic (exact) mass is 304 g/mol. The second-order valence-electron chi connectivity index (χ2n) is 4.78. The molecule has 0 spiro atoms. The number of carbonyl (C=O) groups excluding carboxylic acids is 1. The topological polar surface area (TPSA) is 64.4 Å². The van der Waals surface area contributed by atoms with Crippen LogP contribution in [0.3, 0.4) is 0 Å². The van der Waals surface area contributed by atoms with Gasteiger partial charge >= 0.3 is 6.61 Å². The predicted molar refractivity (Wildman–Crippen MR) is 72.0 cm³/mol. The summed E-state index contributed by atoms with van der Waals surface area (Å²) in [5.41, 5.74) is 6.27. The normalized spacial score (nSPS) is 16.1. The molecule has 0 radical (unpaired) electrons. The molecule has 2 rings (SSSR count). The molecular formula is C13H15ClF2N2O2. The molecule has 1 amide bonds. The fourth-order valence-electron chi connectivity index (χ4n) is 1.89. The van der Waals surface area contributed by atoms with Gasteiger partial charge in [0, 0.05) is 18.2 Å². The SMILES string of the molecule is NC(CC(=O)Nc1ccc(OC(F)F)c(Cl)c1)C1CC1. The zero-order valence-corrected chi connectivity index (χ0v) is 11.4. The molecule has 1 unspecified atom stereocenters. The molecule has 1 atom stereocenters. The number of hydrogen-bond donors (Lipinski definition) is 2. The summed E-state index contributed by atoms with van der Waals surface area (Å²) in [5.74, 6) is 0.0866. The molecule has 1 aliphatic carbocycles. The number of rotatable bonds is 6. The first kappa shape index (κ1) is 15.0. The highest BCUT2D eigenvalue weighted by atomic mass is 35.5. The van der Waals surface area contributed by atoms with Crippen molar-refractivity contribution in [1.29, 1.82) is 0 Å². The van der Waals surface area contributed by atoms with Gasteiger partial charge in [-0.3, -0.25) is 4.79 Å².